The molecule has 0 radical (unpaired) electrons. The third-order valence-electron chi connectivity index (χ3n) is 5.33. The number of rotatable bonds is 3. The predicted molar refractivity (Wildman–Crippen MR) is 105 cm³/mol. The van der Waals surface area contributed by atoms with Crippen molar-refractivity contribution in [3.63, 3.8) is 0 Å². The molecule has 0 spiro atoms. The lowest BCUT2D eigenvalue weighted by molar-refractivity contribution is -0.132. The molecule has 3 nitrogen and oxygen atoms in total. The average Bonchev–Trinajstić information content (AvgIpc) is 2.91. The molecule has 1 aliphatic heterocycles. The minimum Gasteiger partial charge on any atom is -0.363 e. The lowest BCUT2D eigenvalue weighted by atomic mass is 9.90. The first kappa shape index (κ1) is 18.9. The molecule has 0 saturated carbocycles. The largest absolute Gasteiger partial charge is 0.390 e. The summed E-state index contributed by atoms with van der Waals surface area (Å²) in [5, 5.41) is 1.01. The van der Waals surface area contributed by atoms with Gasteiger partial charge in [-0.25, -0.2) is 0 Å². The van der Waals surface area contributed by atoms with Crippen molar-refractivity contribution in [2.75, 3.05) is 11.4 Å². The summed E-state index contributed by atoms with van der Waals surface area (Å²) in [5.74, 6) is -0.0993. The molecule has 146 valence electrons. The van der Waals surface area contributed by atoms with Gasteiger partial charge in [0.05, 0.1) is 23.0 Å². The number of fused-ring (bicyclic) bond motifs is 3. The van der Waals surface area contributed by atoms with Crippen molar-refractivity contribution in [3.05, 3.63) is 75.0 Å². The monoisotopic (exact) mass is 406 g/mol. The van der Waals surface area contributed by atoms with Crippen molar-refractivity contribution in [2.24, 2.45) is 0 Å². The van der Waals surface area contributed by atoms with Gasteiger partial charge < -0.3 is 9.88 Å². The van der Waals surface area contributed by atoms with Crippen LogP contribution in [0.4, 0.5) is 18.9 Å². The lowest BCUT2D eigenvalue weighted by Gasteiger charge is -2.30. The molecule has 1 aliphatic rings. The van der Waals surface area contributed by atoms with Gasteiger partial charge in [-0.2, -0.15) is 13.2 Å². The maximum atomic E-state index is 13.0. The van der Waals surface area contributed by atoms with E-state index in [2.05, 4.69) is 4.98 Å². The van der Waals surface area contributed by atoms with Crippen molar-refractivity contribution in [1.29, 1.82) is 0 Å². The fraction of sp³-hybridized carbons (Fsp3) is 0.286. The van der Waals surface area contributed by atoms with Crippen molar-refractivity contribution < 1.29 is 13.2 Å². The molecule has 0 saturated heterocycles. The highest BCUT2D eigenvalue weighted by Crippen LogP contribution is 2.52. The molecule has 0 bridgehead atoms. The van der Waals surface area contributed by atoms with E-state index in [9.17, 15) is 18.0 Å². The molecule has 28 heavy (non-hydrogen) atoms. The fourth-order valence-electron chi connectivity index (χ4n) is 4.24. The zero-order valence-corrected chi connectivity index (χ0v) is 15.8. The highest BCUT2D eigenvalue weighted by molar-refractivity contribution is 6.35. The predicted octanol–water partition coefficient (Wildman–Crippen LogP) is 5.80. The molecule has 3 aromatic rings. The van der Waals surface area contributed by atoms with Crippen LogP contribution in [0, 0.1) is 0 Å². The number of benzene rings is 2. The Bertz CT molecular complexity index is 1080. The number of halogens is 4. The second-order valence-corrected chi connectivity index (χ2v) is 7.51. The van der Waals surface area contributed by atoms with Crippen LogP contribution in [0.5, 0.6) is 0 Å². The topological polar surface area (TPSA) is 36.1 Å². The molecule has 0 aliphatic carbocycles. The Morgan fingerprint density at radius 3 is 2.54 bits per heavy atom. The summed E-state index contributed by atoms with van der Waals surface area (Å²) in [7, 11) is 0. The van der Waals surface area contributed by atoms with Gasteiger partial charge in [0, 0.05) is 29.6 Å². The number of nitrogens with one attached hydrogen (secondary N) is 1. The SMILES string of the molecule is CC1c2c(ccc3[nH]c(=O)cc(Cl)c23)N(CCC(F)(F)F)C1c1ccccc1. The van der Waals surface area contributed by atoms with Crippen LogP contribution < -0.4 is 10.5 Å². The van der Waals surface area contributed by atoms with Crippen LogP contribution >= 0.6 is 11.6 Å². The Labute approximate surface area is 164 Å². The van der Waals surface area contributed by atoms with Gasteiger partial charge in [-0.05, 0) is 23.3 Å². The van der Waals surface area contributed by atoms with Gasteiger partial charge >= 0.3 is 6.18 Å². The first-order chi connectivity index (χ1) is 13.3. The Hall–Kier alpha value is -2.47. The van der Waals surface area contributed by atoms with Crippen LogP contribution in [0.25, 0.3) is 10.9 Å². The molecular weight excluding hydrogens is 389 g/mol. The fourth-order valence-corrected chi connectivity index (χ4v) is 4.54. The van der Waals surface area contributed by atoms with Gasteiger partial charge in [-0.15, -0.1) is 0 Å². The minimum atomic E-state index is -4.24. The zero-order valence-electron chi connectivity index (χ0n) is 15.1. The first-order valence-corrected chi connectivity index (χ1v) is 9.38. The zero-order chi connectivity index (χ0) is 20.1. The quantitative estimate of drug-likeness (QED) is 0.596. The Balaban J connectivity index is 1.90. The van der Waals surface area contributed by atoms with Gasteiger partial charge in [0.25, 0.3) is 0 Å². The smallest absolute Gasteiger partial charge is 0.363 e. The second-order valence-electron chi connectivity index (χ2n) is 7.11. The van der Waals surface area contributed by atoms with E-state index in [1.54, 1.807) is 12.1 Å². The van der Waals surface area contributed by atoms with Crippen LogP contribution in [0.2, 0.25) is 5.02 Å². The normalized spacial score (nSPS) is 19.2. The molecule has 2 unspecified atom stereocenters. The average molecular weight is 407 g/mol. The summed E-state index contributed by atoms with van der Waals surface area (Å²) in [4.78, 5) is 16.4. The first-order valence-electron chi connectivity index (χ1n) is 9.00. The summed E-state index contributed by atoms with van der Waals surface area (Å²) in [5.41, 5.74) is 2.83. The van der Waals surface area contributed by atoms with Crippen LogP contribution in [-0.2, 0) is 0 Å². The van der Waals surface area contributed by atoms with E-state index in [4.69, 9.17) is 11.6 Å². The van der Waals surface area contributed by atoms with Gasteiger partial charge in [0.2, 0.25) is 5.56 Å². The van der Waals surface area contributed by atoms with E-state index in [1.807, 2.05) is 42.2 Å². The van der Waals surface area contributed by atoms with Crippen LogP contribution in [0.3, 0.4) is 0 Å². The van der Waals surface area contributed by atoms with Crippen molar-refractivity contribution in [3.8, 4) is 0 Å². The number of alkyl halides is 3. The summed E-state index contributed by atoms with van der Waals surface area (Å²) < 4.78 is 39.0. The molecule has 2 aromatic carbocycles. The molecule has 1 aromatic heterocycles. The number of hydrogen-bond donors (Lipinski definition) is 1. The summed E-state index contributed by atoms with van der Waals surface area (Å²) >= 11 is 6.38. The Morgan fingerprint density at radius 2 is 1.86 bits per heavy atom. The number of hydrogen-bond acceptors (Lipinski definition) is 2. The minimum absolute atomic E-state index is 0.0993. The molecule has 2 atom stereocenters. The van der Waals surface area contributed by atoms with Gasteiger partial charge in [-0.1, -0.05) is 48.9 Å². The molecule has 2 heterocycles. The highest BCUT2D eigenvalue weighted by atomic mass is 35.5. The van der Waals surface area contributed by atoms with Gasteiger partial charge in [0.15, 0.2) is 0 Å². The van der Waals surface area contributed by atoms with Crippen LogP contribution in [-0.4, -0.2) is 17.7 Å². The van der Waals surface area contributed by atoms with Gasteiger partial charge in [0.1, 0.15) is 0 Å². The molecule has 0 amide bonds. The third kappa shape index (κ3) is 3.26. The second kappa shape index (κ2) is 6.85. The summed E-state index contributed by atoms with van der Waals surface area (Å²) in [6, 6.07) is 14.1. The maximum Gasteiger partial charge on any atom is 0.390 e. The van der Waals surface area contributed by atoms with E-state index in [1.165, 1.54) is 6.07 Å². The van der Waals surface area contributed by atoms with Crippen LogP contribution in [0.1, 0.15) is 36.4 Å². The number of pyridine rings is 1. The van der Waals surface area contributed by atoms with Gasteiger partial charge in [-0.3, -0.25) is 4.79 Å². The molecule has 4 rings (SSSR count). The highest BCUT2D eigenvalue weighted by Gasteiger charge is 2.40. The third-order valence-corrected chi connectivity index (χ3v) is 5.63. The van der Waals surface area contributed by atoms with Crippen molar-refractivity contribution in [2.45, 2.75) is 31.5 Å². The lowest BCUT2D eigenvalue weighted by Crippen LogP contribution is -2.30. The number of aromatic nitrogens is 1. The van der Waals surface area contributed by atoms with E-state index >= 15 is 0 Å². The molecular formula is C21H18ClF3N2O. The maximum absolute atomic E-state index is 13.0. The van der Waals surface area contributed by atoms with Crippen LogP contribution in [0.15, 0.2) is 53.3 Å². The number of aromatic amines is 1. The van der Waals surface area contributed by atoms with E-state index in [0.717, 1.165) is 16.8 Å². The van der Waals surface area contributed by atoms with Crippen molar-refractivity contribution in [1.82, 2.24) is 4.98 Å². The van der Waals surface area contributed by atoms with E-state index in [-0.39, 0.29) is 24.1 Å². The molecule has 7 heteroatoms. The van der Waals surface area contributed by atoms with E-state index in [0.29, 0.717) is 15.9 Å². The number of nitrogens with zero attached hydrogens (tertiary/aromatic N) is 1. The summed E-state index contributed by atoms with van der Waals surface area (Å²) in [6.07, 6.45) is -5.15. The standard InChI is InChI=1S/C21H18ClF3N2O/c1-12-18-16(8-7-15-19(18)14(22)11-17(28)26-15)27(10-9-21(23,24)25)20(12)13-5-3-2-4-6-13/h2-8,11-12,20H,9-10H2,1H3,(H,26,28). The van der Waals surface area contributed by atoms with E-state index < -0.39 is 12.6 Å². The Kier molecular flexibility index (Phi) is 4.62. The number of H-pyrrole nitrogens is 1. The molecule has 0 fully saturated rings. The molecule has 1 N–H and O–H groups in total. The summed E-state index contributed by atoms with van der Waals surface area (Å²) in [6.45, 7) is 1.85. The Morgan fingerprint density at radius 1 is 1.14 bits per heavy atom. The number of anilines is 1. The van der Waals surface area contributed by atoms with Crippen molar-refractivity contribution >= 4 is 28.2 Å².